The quantitative estimate of drug-likeness (QED) is 0.938. The smallest absolute Gasteiger partial charge is 0.310 e. The molecule has 0 aliphatic rings. The van der Waals surface area contributed by atoms with Crippen molar-refractivity contribution < 1.29 is 13.2 Å². The third-order valence-electron chi connectivity index (χ3n) is 3.14. The van der Waals surface area contributed by atoms with Crippen molar-refractivity contribution in [3.05, 3.63) is 39.4 Å². The highest BCUT2D eigenvalue weighted by Gasteiger charge is 2.33. The number of H-pyrrole nitrogens is 1. The molecule has 0 radical (unpaired) electrons. The summed E-state index contributed by atoms with van der Waals surface area (Å²) in [5, 5.41) is 0.207. The molecule has 3 nitrogen and oxygen atoms in total. The van der Waals surface area contributed by atoms with Gasteiger partial charge in [-0.05, 0) is 24.1 Å². The van der Waals surface area contributed by atoms with Crippen LogP contribution in [0.3, 0.4) is 0 Å². The van der Waals surface area contributed by atoms with Gasteiger partial charge >= 0.3 is 6.18 Å². The van der Waals surface area contributed by atoms with Crippen LogP contribution in [0.2, 0.25) is 0 Å². The Morgan fingerprint density at radius 2 is 1.95 bits per heavy atom. The number of aryl methyl sites for hydroxylation is 2. The van der Waals surface area contributed by atoms with E-state index in [9.17, 15) is 18.0 Å². The first-order valence-electron chi connectivity index (χ1n) is 6.49. The molecule has 0 unspecified atom stereocenters. The summed E-state index contributed by atoms with van der Waals surface area (Å²) in [6.07, 6.45) is -3.12. The van der Waals surface area contributed by atoms with Crippen LogP contribution in [0.15, 0.2) is 16.9 Å². The summed E-state index contributed by atoms with van der Waals surface area (Å²) in [5.74, 6) is 0.388. The van der Waals surface area contributed by atoms with Crippen LogP contribution in [-0.4, -0.2) is 9.97 Å². The van der Waals surface area contributed by atoms with E-state index in [1.54, 1.807) is 13.8 Å². The van der Waals surface area contributed by atoms with Gasteiger partial charge in [0.25, 0.3) is 5.56 Å². The SMILES string of the molecule is CCCc1cc2c(=O)[nH]c(CC)nc2cc1C(F)(F)F. The second kappa shape index (κ2) is 5.26. The summed E-state index contributed by atoms with van der Waals surface area (Å²) >= 11 is 0. The Hall–Kier alpha value is -1.85. The van der Waals surface area contributed by atoms with Crippen LogP contribution < -0.4 is 5.56 Å². The summed E-state index contributed by atoms with van der Waals surface area (Å²) in [6.45, 7) is 3.58. The van der Waals surface area contributed by atoms with Crippen LogP contribution in [0.25, 0.3) is 10.9 Å². The molecule has 6 heteroatoms. The Balaban J connectivity index is 2.78. The number of alkyl halides is 3. The minimum atomic E-state index is -4.44. The second-order valence-electron chi connectivity index (χ2n) is 4.64. The lowest BCUT2D eigenvalue weighted by Crippen LogP contribution is -2.15. The summed E-state index contributed by atoms with van der Waals surface area (Å²) < 4.78 is 39.2. The van der Waals surface area contributed by atoms with Crippen molar-refractivity contribution in [2.75, 3.05) is 0 Å². The largest absolute Gasteiger partial charge is 0.416 e. The van der Waals surface area contributed by atoms with Gasteiger partial charge in [0.2, 0.25) is 0 Å². The minimum Gasteiger partial charge on any atom is -0.310 e. The molecule has 2 aromatic rings. The molecular weight excluding hydrogens is 269 g/mol. The average molecular weight is 284 g/mol. The molecule has 108 valence electrons. The standard InChI is InChI=1S/C14H15F3N2O/c1-3-5-8-6-9-11(7-10(8)14(15,16)17)18-12(4-2)19-13(9)20/h6-7H,3-5H2,1-2H3,(H,18,19,20). The van der Waals surface area contributed by atoms with Gasteiger partial charge < -0.3 is 4.98 Å². The van der Waals surface area contributed by atoms with Crippen LogP contribution in [0.1, 0.15) is 37.2 Å². The molecule has 0 bridgehead atoms. The first-order valence-corrected chi connectivity index (χ1v) is 6.49. The van der Waals surface area contributed by atoms with E-state index in [-0.39, 0.29) is 22.9 Å². The van der Waals surface area contributed by atoms with Gasteiger partial charge in [0.05, 0.1) is 16.5 Å². The Morgan fingerprint density at radius 1 is 1.25 bits per heavy atom. The Labute approximate surface area is 113 Å². The average Bonchev–Trinajstić information content (AvgIpc) is 2.37. The molecule has 0 spiro atoms. The predicted octanol–water partition coefficient (Wildman–Crippen LogP) is 3.46. The van der Waals surface area contributed by atoms with Crippen molar-refractivity contribution in [1.82, 2.24) is 9.97 Å². The van der Waals surface area contributed by atoms with Gasteiger partial charge in [0.1, 0.15) is 5.82 Å². The van der Waals surface area contributed by atoms with Gasteiger partial charge in [-0.3, -0.25) is 4.79 Å². The van der Waals surface area contributed by atoms with Crippen molar-refractivity contribution in [1.29, 1.82) is 0 Å². The predicted molar refractivity (Wildman–Crippen MR) is 70.7 cm³/mol. The lowest BCUT2D eigenvalue weighted by atomic mass is 10.00. The van der Waals surface area contributed by atoms with E-state index >= 15 is 0 Å². The van der Waals surface area contributed by atoms with E-state index in [1.165, 1.54) is 6.07 Å². The molecule has 0 saturated carbocycles. The highest BCUT2D eigenvalue weighted by molar-refractivity contribution is 5.79. The Kier molecular flexibility index (Phi) is 3.83. The molecular formula is C14H15F3N2O. The maximum atomic E-state index is 13.1. The third-order valence-corrected chi connectivity index (χ3v) is 3.14. The fraction of sp³-hybridized carbons (Fsp3) is 0.429. The number of hydrogen-bond acceptors (Lipinski definition) is 2. The van der Waals surface area contributed by atoms with E-state index in [2.05, 4.69) is 9.97 Å². The lowest BCUT2D eigenvalue weighted by molar-refractivity contribution is -0.138. The van der Waals surface area contributed by atoms with Gasteiger partial charge in [-0.1, -0.05) is 20.3 Å². The molecule has 20 heavy (non-hydrogen) atoms. The zero-order valence-corrected chi connectivity index (χ0v) is 11.3. The van der Waals surface area contributed by atoms with E-state index < -0.39 is 17.3 Å². The topological polar surface area (TPSA) is 45.8 Å². The van der Waals surface area contributed by atoms with Crippen LogP contribution in [0.5, 0.6) is 0 Å². The van der Waals surface area contributed by atoms with Gasteiger partial charge in [-0.25, -0.2) is 4.98 Å². The summed E-state index contributed by atoms with van der Waals surface area (Å²) in [5.41, 5.74) is -0.855. The number of rotatable bonds is 3. The first-order chi connectivity index (χ1) is 9.36. The fourth-order valence-electron chi connectivity index (χ4n) is 2.19. The maximum absolute atomic E-state index is 13.1. The minimum absolute atomic E-state index is 0.0952. The second-order valence-corrected chi connectivity index (χ2v) is 4.64. The molecule has 0 saturated heterocycles. The number of benzene rings is 1. The van der Waals surface area contributed by atoms with Crippen molar-refractivity contribution in [3.63, 3.8) is 0 Å². The molecule has 0 aliphatic heterocycles. The number of nitrogens with zero attached hydrogens (tertiary/aromatic N) is 1. The van der Waals surface area contributed by atoms with Crippen molar-refractivity contribution in [2.45, 2.75) is 39.3 Å². The molecule has 1 aromatic carbocycles. The molecule has 1 aromatic heterocycles. The van der Waals surface area contributed by atoms with E-state index in [0.29, 0.717) is 18.7 Å². The first kappa shape index (κ1) is 14.6. The van der Waals surface area contributed by atoms with E-state index in [1.807, 2.05) is 0 Å². The fourth-order valence-corrected chi connectivity index (χ4v) is 2.19. The van der Waals surface area contributed by atoms with Gasteiger partial charge in [-0.2, -0.15) is 13.2 Å². The zero-order valence-electron chi connectivity index (χ0n) is 11.3. The molecule has 0 fully saturated rings. The highest BCUT2D eigenvalue weighted by Crippen LogP contribution is 2.34. The number of aromatic amines is 1. The lowest BCUT2D eigenvalue weighted by Gasteiger charge is -2.13. The number of fused-ring (bicyclic) bond motifs is 1. The molecule has 0 amide bonds. The maximum Gasteiger partial charge on any atom is 0.416 e. The van der Waals surface area contributed by atoms with Crippen molar-refractivity contribution >= 4 is 10.9 Å². The van der Waals surface area contributed by atoms with Crippen LogP contribution in [-0.2, 0) is 19.0 Å². The molecule has 1 N–H and O–H groups in total. The van der Waals surface area contributed by atoms with Gasteiger partial charge in [0.15, 0.2) is 0 Å². The normalized spacial score (nSPS) is 12.1. The monoisotopic (exact) mass is 284 g/mol. The van der Waals surface area contributed by atoms with E-state index in [0.717, 1.165) is 6.07 Å². The number of nitrogens with one attached hydrogen (secondary N) is 1. The third kappa shape index (κ3) is 2.69. The van der Waals surface area contributed by atoms with Crippen molar-refractivity contribution in [3.8, 4) is 0 Å². The summed E-state index contributed by atoms with van der Waals surface area (Å²) in [7, 11) is 0. The summed E-state index contributed by atoms with van der Waals surface area (Å²) in [6, 6.07) is 2.29. The van der Waals surface area contributed by atoms with Crippen LogP contribution >= 0.6 is 0 Å². The Morgan fingerprint density at radius 3 is 2.50 bits per heavy atom. The highest BCUT2D eigenvalue weighted by atomic mass is 19.4. The number of hydrogen-bond donors (Lipinski definition) is 1. The summed E-state index contributed by atoms with van der Waals surface area (Å²) in [4.78, 5) is 18.6. The van der Waals surface area contributed by atoms with E-state index in [4.69, 9.17) is 0 Å². The van der Waals surface area contributed by atoms with Crippen molar-refractivity contribution in [2.24, 2.45) is 0 Å². The zero-order chi connectivity index (χ0) is 14.9. The van der Waals surface area contributed by atoms with Gasteiger partial charge in [0, 0.05) is 6.42 Å². The number of halogens is 3. The molecule has 1 heterocycles. The molecule has 0 aliphatic carbocycles. The van der Waals surface area contributed by atoms with Crippen LogP contribution in [0, 0.1) is 0 Å². The Bertz CT molecular complexity index is 689. The molecule has 2 rings (SSSR count). The van der Waals surface area contributed by atoms with Crippen LogP contribution in [0.4, 0.5) is 13.2 Å². The number of aromatic nitrogens is 2. The van der Waals surface area contributed by atoms with Gasteiger partial charge in [-0.15, -0.1) is 0 Å². The molecule has 0 atom stereocenters.